The van der Waals surface area contributed by atoms with Crippen molar-refractivity contribution >= 4 is 15.9 Å². The molecule has 0 aromatic heterocycles. The molecule has 8 heteroatoms. The Balaban J connectivity index is 1.93. The third-order valence-electron chi connectivity index (χ3n) is 4.43. The molecule has 1 heterocycles. The molecule has 1 aromatic rings. The summed E-state index contributed by atoms with van der Waals surface area (Å²) in [5.41, 5.74) is 5.76. The predicted molar refractivity (Wildman–Crippen MR) is 89.1 cm³/mol. The maximum atomic E-state index is 12.9. The summed E-state index contributed by atoms with van der Waals surface area (Å²) in [5.74, 6) is -0.730. The number of carbonyl (C=O) groups excluding carboxylic acids is 1. The van der Waals surface area contributed by atoms with E-state index in [0.717, 1.165) is 12.1 Å². The largest absolute Gasteiger partial charge is 0.342 e. The molecule has 1 fully saturated rings. The molecule has 1 saturated heterocycles. The number of nitrogens with one attached hydrogen (secondary N) is 1. The molecule has 0 aliphatic carbocycles. The molecule has 2 rings (SSSR count). The topological polar surface area (TPSA) is 92.5 Å². The highest BCUT2D eigenvalue weighted by atomic mass is 32.2. The number of hydrogen-bond acceptors (Lipinski definition) is 4. The lowest BCUT2D eigenvalue weighted by Crippen LogP contribution is -2.49. The number of benzene rings is 1. The monoisotopic (exact) mass is 357 g/mol. The molecule has 3 N–H and O–H groups in total. The Morgan fingerprint density at radius 3 is 2.29 bits per heavy atom. The van der Waals surface area contributed by atoms with Crippen LogP contribution in [0.3, 0.4) is 0 Å². The van der Waals surface area contributed by atoms with Crippen molar-refractivity contribution in [1.29, 1.82) is 0 Å². The highest BCUT2D eigenvalue weighted by Gasteiger charge is 2.29. The second-order valence-corrected chi connectivity index (χ2v) is 8.04. The number of hydrogen-bond donors (Lipinski definition) is 2. The Morgan fingerprint density at radius 1 is 1.25 bits per heavy atom. The van der Waals surface area contributed by atoms with E-state index in [2.05, 4.69) is 4.72 Å². The van der Waals surface area contributed by atoms with Gasteiger partial charge in [-0.1, -0.05) is 6.92 Å². The lowest BCUT2D eigenvalue weighted by atomic mass is 10.00. The van der Waals surface area contributed by atoms with Crippen molar-refractivity contribution in [3.05, 3.63) is 30.1 Å². The van der Waals surface area contributed by atoms with Gasteiger partial charge >= 0.3 is 0 Å². The molecule has 0 saturated carbocycles. The van der Waals surface area contributed by atoms with Crippen LogP contribution in [0.15, 0.2) is 29.2 Å². The van der Waals surface area contributed by atoms with Crippen LogP contribution < -0.4 is 10.5 Å². The van der Waals surface area contributed by atoms with Crippen molar-refractivity contribution in [2.45, 2.75) is 43.7 Å². The van der Waals surface area contributed by atoms with Gasteiger partial charge in [-0.3, -0.25) is 4.79 Å². The molecule has 2 unspecified atom stereocenters. The van der Waals surface area contributed by atoms with Crippen LogP contribution in [0.5, 0.6) is 0 Å². The van der Waals surface area contributed by atoms with Gasteiger partial charge in [-0.05, 0) is 44.0 Å². The van der Waals surface area contributed by atoms with Crippen LogP contribution in [-0.2, 0) is 14.8 Å². The first-order valence-corrected chi connectivity index (χ1v) is 9.51. The summed E-state index contributed by atoms with van der Waals surface area (Å²) < 4.78 is 40.1. The molecule has 1 aliphatic rings. The standard InChI is InChI=1S/C16H24FN3O3S/c1-11(12(2)18)16(21)20-9-7-14(8-10-20)19-24(22,23)15-5-3-13(17)4-6-15/h3-6,11-12,14,19H,7-10,18H2,1-2H3. The molecule has 134 valence electrons. The van der Waals surface area contributed by atoms with Crippen LogP contribution in [0.2, 0.25) is 0 Å². The Labute approximate surface area is 142 Å². The number of halogens is 1. The Hall–Kier alpha value is -1.51. The Kier molecular flexibility index (Phi) is 5.95. The van der Waals surface area contributed by atoms with Gasteiger partial charge in [0.1, 0.15) is 5.82 Å². The van der Waals surface area contributed by atoms with Crippen molar-refractivity contribution in [3.63, 3.8) is 0 Å². The number of rotatable bonds is 5. The zero-order valence-electron chi connectivity index (χ0n) is 13.9. The Morgan fingerprint density at radius 2 is 1.79 bits per heavy atom. The van der Waals surface area contributed by atoms with Crippen molar-refractivity contribution < 1.29 is 17.6 Å². The van der Waals surface area contributed by atoms with E-state index >= 15 is 0 Å². The fourth-order valence-corrected chi connectivity index (χ4v) is 3.94. The van der Waals surface area contributed by atoms with Gasteiger partial charge in [0, 0.05) is 25.2 Å². The van der Waals surface area contributed by atoms with Gasteiger partial charge in [-0.15, -0.1) is 0 Å². The smallest absolute Gasteiger partial charge is 0.240 e. The average Bonchev–Trinajstić information content (AvgIpc) is 2.54. The number of piperidine rings is 1. The number of amides is 1. The molecule has 0 spiro atoms. The van der Waals surface area contributed by atoms with Crippen molar-refractivity contribution in [2.75, 3.05) is 13.1 Å². The number of likely N-dealkylation sites (tertiary alicyclic amines) is 1. The molecule has 1 aromatic carbocycles. The molecule has 1 aliphatic heterocycles. The summed E-state index contributed by atoms with van der Waals surface area (Å²) in [6.07, 6.45) is 1.08. The first-order chi connectivity index (χ1) is 11.2. The average molecular weight is 357 g/mol. The van der Waals surface area contributed by atoms with Crippen molar-refractivity contribution in [1.82, 2.24) is 9.62 Å². The van der Waals surface area contributed by atoms with E-state index < -0.39 is 15.8 Å². The van der Waals surface area contributed by atoms with Crippen LogP contribution in [0, 0.1) is 11.7 Å². The second-order valence-electron chi connectivity index (χ2n) is 6.32. The molecule has 0 radical (unpaired) electrons. The molecular weight excluding hydrogens is 333 g/mol. The van der Waals surface area contributed by atoms with E-state index in [-0.39, 0.29) is 28.8 Å². The van der Waals surface area contributed by atoms with Gasteiger partial charge in [0.05, 0.1) is 10.8 Å². The third-order valence-corrected chi connectivity index (χ3v) is 5.97. The van der Waals surface area contributed by atoms with Crippen molar-refractivity contribution in [2.24, 2.45) is 11.7 Å². The molecule has 6 nitrogen and oxygen atoms in total. The summed E-state index contributed by atoms with van der Waals surface area (Å²) in [4.78, 5) is 14.0. The summed E-state index contributed by atoms with van der Waals surface area (Å²) >= 11 is 0. The highest BCUT2D eigenvalue weighted by molar-refractivity contribution is 7.89. The number of nitrogens with zero attached hydrogens (tertiary/aromatic N) is 1. The molecule has 2 atom stereocenters. The summed E-state index contributed by atoms with van der Waals surface area (Å²) in [7, 11) is -3.68. The predicted octanol–water partition coefficient (Wildman–Crippen LogP) is 1.08. The normalized spacial score (nSPS) is 19.1. The zero-order chi connectivity index (χ0) is 17.9. The third kappa shape index (κ3) is 4.52. The summed E-state index contributed by atoms with van der Waals surface area (Å²) in [5, 5.41) is 0. The van der Waals surface area contributed by atoms with E-state index in [4.69, 9.17) is 5.73 Å². The summed E-state index contributed by atoms with van der Waals surface area (Å²) in [6, 6.07) is 4.25. The number of nitrogens with two attached hydrogens (primary N) is 1. The van der Waals surface area contributed by atoms with Gasteiger partial charge in [0.25, 0.3) is 0 Å². The molecule has 1 amide bonds. The Bertz CT molecular complexity index is 668. The van der Waals surface area contributed by atoms with E-state index in [1.165, 1.54) is 12.1 Å². The maximum Gasteiger partial charge on any atom is 0.240 e. The first kappa shape index (κ1) is 18.8. The summed E-state index contributed by atoms with van der Waals surface area (Å²) in [6.45, 7) is 4.58. The zero-order valence-corrected chi connectivity index (χ0v) is 14.7. The number of carbonyl (C=O) groups is 1. The first-order valence-electron chi connectivity index (χ1n) is 8.03. The van der Waals surface area contributed by atoms with Crippen LogP contribution in [0.4, 0.5) is 4.39 Å². The minimum absolute atomic E-state index is 0.00448. The lowest BCUT2D eigenvalue weighted by Gasteiger charge is -2.34. The highest BCUT2D eigenvalue weighted by Crippen LogP contribution is 2.17. The van der Waals surface area contributed by atoms with E-state index in [1.807, 2.05) is 0 Å². The quantitative estimate of drug-likeness (QED) is 0.825. The van der Waals surface area contributed by atoms with Gasteiger partial charge in [0.2, 0.25) is 15.9 Å². The van der Waals surface area contributed by atoms with Crippen LogP contribution in [0.1, 0.15) is 26.7 Å². The minimum atomic E-state index is -3.68. The minimum Gasteiger partial charge on any atom is -0.342 e. The molecule has 0 bridgehead atoms. The lowest BCUT2D eigenvalue weighted by molar-refractivity contribution is -0.136. The molecular formula is C16H24FN3O3S. The van der Waals surface area contributed by atoms with E-state index in [9.17, 15) is 17.6 Å². The SMILES string of the molecule is CC(N)C(C)C(=O)N1CCC(NS(=O)(=O)c2ccc(F)cc2)CC1. The van der Waals surface area contributed by atoms with E-state index in [1.54, 1.807) is 18.7 Å². The van der Waals surface area contributed by atoms with Gasteiger partial charge in [-0.2, -0.15) is 0 Å². The van der Waals surface area contributed by atoms with Gasteiger partial charge in [0.15, 0.2) is 0 Å². The van der Waals surface area contributed by atoms with Crippen LogP contribution in [0.25, 0.3) is 0 Å². The number of sulfonamides is 1. The second kappa shape index (κ2) is 7.58. The maximum absolute atomic E-state index is 12.9. The van der Waals surface area contributed by atoms with Gasteiger partial charge < -0.3 is 10.6 Å². The molecule has 24 heavy (non-hydrogen) atoms. The fraction of sp³-hybridized carbons (Fsp3) is 0.562. The van der Waals surface area contributed by atoms with E-state index in [0.29, 0.717) is 25.9 Å². The fourth-order valence-electron chi connectivity index (χ4n) is 2.63. The van der Waals surface area contributed by atoms with Crippen LogP contribution >= 0.6 is 0 Å². The van der Waals surface area contributed by atoms with Crippen LogP contribution in [-0.4, -0.2) is 44.4 Å². The van der Waals surface area contributed by atoms with Gasteiger partial charge in [-0.25, -0.2) is 17.5 Å². The van der Waals surface area contributed by atoms with Crippen molar-refractivity contribution in [3.8, 4) is 0 Å².